The van der Waals surface area contributed by atoms with Gasteiger partial charge in [-0.05, 0) is 34.0 Å². The van der Waals surface area contributed by atoms with Gasteiger partial charge in [0.05, 0.1) is 16.5 Å². The van der Waals surface area contributed by atoms with Crippen LogP contribution in [0.2, 0.25) is 0 Å². The number of benzene rings is 1. The highest BCUT2D eigenvalue weighted by Crippen LogP contribution is 2.19. The molecule has 1 aromatic rings. The predicted molar refractivity (Wildman–Crippen MR) is 72.4 cm³/mol. The minimum absolute atomic E-state index is 0.0599. The maximum atomic E-state index is 13.7. The van der Waals surface area contributed by atoms with Crippen LogP contribution < -0.4 is 5.32 Å². The van der Waals surface area contributed by atoms with Crippen LogP contribution in [0.4, 0.5) is 4.39 Å². The van der Waals surface area contributed by atoms with Crippen molar-refractivity contribution in [2.75, 3.05) is 0 Å². The largest absolute Gasteiger partial charge is 0.481 e. The molecule has 1 rings (SSSR count). The molecule has 2 N–H and O–H groups in total. The van der Waals surface area contributed by atoms with E-state index in [0.717, 1.165) is 0 Å². The van der Waals surface area contributed by atoms with Gasteiger partial charge in [0.2, 0.25) is 0 Å². The fraction of sp³-hybridized carbons (Fsp3) is 0.385. The van der Waals surface area contributed by atoms with Gasteiger partial charge in [-0.1, -0.05) is 19.9 Å². The summed E-state index contributed by atoms with van der Waals surface area (Å²) in [4.78, 5) is 22.7. The van der Waals surface area contributed by atoms with E-state index < -0.39 is 23.7 Å². The first-order valence-corrected chi connectivity index (χ1v) is 6.59. The van der Waals surface area contributed by atoms with Crippen molar-refractivity contribution < 1.29 is 19.1 Å². The number of carbonyl (C=O) groups is 2. The molecule has 0 aliphatic carbocycles. The van der Waals surface area contributed by atoms with Gasteiger partial charge in [-0.15, -0.1) is 0 Å². The van der Waals surface area contributed by atoms with E-state index in [-0.39, 0.29) is 22.4 Å². The molecular weight excluding hydrogens is 317 g/mol. The Balaban J connectivity index is 2.88. The summed E-state index contributed by atoms with van der Waals surface area (Å²) in [7, 11) is 0. The number of carboxylic acids is 1. The number of rotatable bonds is 5. The summed E-state index contributed by atoms with van der Waals surface area (Å²) in [5, 5.41) is 11.3. The monoisotopic (exact) mass is 331 g/mol. The van der Waals surface area contributed by atoms with Crippen LogP contribution in [0, 0.1) is 11.7 Å². The van der Waals surface area contributed by atoms with Crippen molar-refractivity contribution in [2.45, 2.75) is 26.3 Å². The highest BCUT2D eigenvalue weighted by Gasteiger charge is 2.22. The molecule has 104 valence electrons. The molecule has 0 saturated carbocycles. The molecule has 0 bridgehead atoms. The van der Waals surface area contributed by atoms with Crippen molar-refractivity contribution in [1.82, 2.24) is 5.32 Å². The predicted octanol–water partition coefficient (Wildman–Crippen LogP) is 2.82. The Hall–Kier alpha value is -1.43. The lowest BCUT2D eigenvalue weighted by molar-refractivity contribution is -0.137. The van der Waals surface area contributed by atoms with E-state index in [4.69, 9.17) is 5.11 Å². The molecule has 1 amide bonds. The summed E-state index contributed by atoms with van der Waals surface area (Å²) in [6, 6.07) is 3.85. The maximum Gasteiger partial charge on any atom is 0.305 e. The molecule has 4 nitrogen and oxygen atoms in total. The van der Waals surface area contributed by atoms with Crippen molar-refractivity contribution in [1.29, 1.82) is 0 Å². The Morgan fingerprint density at radius 1 is 1.42 bits per heavy atom. The molecule has 0 heterocycles. The number of carbonyl (C=O) groups excluding carboxylic acids is 1. The van der Waals surface area contributed by atoms with Crippen molar-refractivity contribution in [3.8, 4) is 0 Å². The summed E-state index contributed by atoms with van der Waals surface area (Å²) in [6.45, 7) is 3.59. The molecule has 1 aromatic carbocycles. The van der Waals surface area contributed by atoms with Crippen molar-refractivity contribution in [2.24, 2.45) is 5.92 Å². The Morgan fingerprint density at radius 2 is 2.05 bits per heavy atom. The minimum Gasteiger partial charge on any atom is -0.481 e. The van der Waals surface area contributed by atoms with E-state index in [2.05, 4.69) is 21.2 Å². The Kier molecular flexibility index (Phi) is 5.47. The quantitative estimate of drug-likeness (QED) is 0.871. The molecule has 0 saturated heterocycles. The van der Waals surface area contributed by atoms with Crippen LogP contribution in [-0.4, -0.2) is 23.0 Å². The van der Waals surface area contributed by atoms with E-state index in [1.807, 2.05) is 0 Å². The van der Waals surface area contributed by atoms with Crippen molar-refractivity contribution in [3.05, 3.63) is 34.1 Å². The zero-order chi connectivity index (χ0) is 14.6. The SMILES string of the molecule is CC(C)C(CC(=O)O)NC(=O)c1cccc(Br)c1F. The molecule has 1 unspecified atom stereocenters. The third-order valence-electron chi connectivity index (χ3n) is 2.71. The van der Waals surface area contributed by atoms with Crippen molar-refractivity contribution >= 4 is 27.8 Å². The van der Waals surface area contributed by atoms with Gasteiger partial charge in [0.25, 0.3) is 5.91 Å². The maximum absolute atomic E-state index is 13.7. The van der Waals surface area contributed by atoms with Crippen LogP contribution in [0.15, 0.2) is 22.7 Å². The van der Waals surface area contributed by atoms with Gasteiger partial charge in [-0.25, -0.2) is 4.39 Å². The number of aliphatic carboxylic acids is 1. The zero-order valence-corrected chi connectivity index (χ0v) is 12.2. The van der Waals surface area contributed by atoms with Gasteiger partial charge in [0, 0.05) is 6.04 Å². The van der Waals surface area contributed by atoms with Gasteiger partial charge in [-0.2, -0.15) is 0 Å². The molecule has 1 atom stereocenters. The summed E-state index contributed by atoms with van der Waals surface area (Å²) in [6.07, 6.45) is -0.195. The Bertz CT molecular complexity index is 491. The molecule has 0 aliphatic rings. The average Bonchev–Trinajstić information content (AvgIpc) is 2.31. The molecule has 0 radical (unpaired) electrons. The molecule has 0 aliphatic heterocycles. The number of amides is 1. The summed E-state index contributed by atoms with van der Waals surface area (Å²) >= 11 is 3.00. The van der Waals surface area contributed by atoms with Crippen LogP contribution in [-0.2, 0) is 4.79 Å². The lowest BCUT2D eigenvalue weighted by atomic mass is 10.0. The van der Waals surface area contributed by atoms with Gasteiger partial charge < -0.3 is 10.4 Å². The third kappa shape index (κ3) is 4.31. The molecule has 0 aromatic heterocycles. The van der Waals surface area contributed by atoms with Gasteiger partial charge in [0.1, 0.15) is 5.82 Å². The highest BCUT2D eigenvalue weighted by molar-refractivity contribution is 9.10. The normalized spacial score (nSPS) is 12.3. The summed E-state index contributed by atoms with van der Waals surface area (Å²) in [5.74, 6) is -2.33. The second kappa shape index (κ2) is 6.65. The van der Waals surface area contributed by atoms with Crippen LogP contribution in [0.3, 0.4) is 0 Å². The fourth-order valence-corrected chi connectivity index (χ4v) is 1.93. The van der Waals surface area contributed by atoms with Crippen molar-refractivity contribution in [3.63, 3.8) is 0 Å². The Labute approximate surface area is 119 Å². The van der Waals surface area contributed by atoms with Crippen LogP contribution in [0.25, 0.3) is 0 Å². The second-order valence-electron chi connectivity index (χ2n) is 4.52. The fourth-order valence-electron chi connectivity index (χ4n) is 1.57. The number of carboxylic acid groups (broad SMARTS) is 1. The first kappa shape index (κ1) is 15.6. The van der Waals surface area contributed by atoms with Crippen LogP contribution >= 0.6 is 15.9 Å². The molecule has 0 fully saturated rings. The Morgan fingerprint density at radius 3 is 2.58 bits per heavy atom. The summed E-state index contributed by atoms with van der Waals surface area (Å²) < 4.78 is 13.9. The van der Waals surface area contributed by atoms with Gasteiger partial charge in [-0.3, -0.25) is 9.59 Å². The molecule has 6 heteroatoms. The molecular formula is C13H15BrFNO3. The topological polar surface area (TPSA) is 66.4 Å². The van der Waals surface area contributed by atoms with Gasteiger partial charge in [0.15, 0.2) is 0 Å². The lowest BCUT2D eigenvalue weighted by Crippen LogP contribution is -2.40. The molecule has 0 spiro atoms. The third-order valence-corrected chi connectivity index (χ3v) is 3.32. The van der Waals surface area contributed by atoms with Crippen LogP contribution in [0.1, 0.15) is 30.6 Å². The van der Waals surface area contributed by atoms with Crippen LogP contribution in [0.5, 0.6) is 0 Å². The molecule has 19 heavy (non-hydrogen) atoms. The number of hydrogen-bond donors (Lipinski definition) is 2. The number of nitrogens with one attached hydrogen (secondary N) is 1. The van der Waals surface area contributed by atoms with E-state index in [9.17, 15) is 14.0 Å². The van der Waals surface area contributed by atoms with Gasteiger partial charge >= 0.3 is 5.97 Å². The number of hydrogen-bond acceptors (Lipinski definition) is 2. The minimum atomic E-state index is -1.01. The van der Waals surface area contributed by atoms with E-state index >= 15 is 0 Å². The lowest BCUT2D eigenvalue weighted by Gasteiger charge is -2.20. The first-order chi connectivity index (χ1) is 8.82. The zero-order valence-electron chi connectivity index (χ0n) is 10.6. The highest BCUT2D eigenvalue weighted by atomic mass is 79.9. The average molecular weight is 332 g/mol. The number of halogens is 2. The smallest absolute Gasteiger partial charge is 0.305 e. The summed E-state index contributed by atoms with van der Waals surface area (Å²) in [5.41, 5.74) is -0.106. The standard InChI is InChI=1S/C13H15BrFNO3/c1-7(2)10(6-11(17)18)16-13(19)8-4-3-5-9(14)12(8)15/h3-5,7,10H,6H2,1-2H3,(H,16,19)(H,17,18). The van der Waals surface area contributed by atoms with E-state index in [1.54, 1.807) is 19.9 Å². The second-order valence-corrected chi connectivity index (χ2v) is 5.38. The van der Waals surface area contributed by atoms with E-state index in [1.165, 1.54) is 12.1 Å². The first-order valence-electron chi connectivity index (χ1n) is 5.79. The van der Waals surface area contributed by atoms with E-state index in [0.29, 0.717) is 0 Å².